The van der Waals surface area contributed by atoms with Gasteiger partial charge in [-0.2, -0.15) is 29.3 Å². The molecule has 1 aliphatic carbocycles. The van der Waals surface area contributed by atoms with E-state index in [1.54, 1.807) is 0 Å². The molecule has 0 spiro atoms. The maximum absolute atomic E-state index is 3.18. The van der Waals surface area contributed by atoms with Crippen molar-refractivity contribution < 1.29 is 26.2 Å². The zero-order valence-electron chi connectivity index (χ0n) is 13.8. The predicted molar refractivity (Wildman–Crippen MR) is 95.3 cm³/mol. The molecule has 0 aromatic heterocycles. The van der Waals surface area contributed by atoms with Crippen molar-refractivity contribution in [2.75, 3.05) is 0 Å². The number of fused-ring (bicyclic) bond motifs is 2. The van der Waals surface area contributed by atoms with Crippen molar-refractivity contribution >= 4 is 10.8 Å². The molecule has 1 heteroatoms. The van der Waals surface area contributed by atoms with E-state index in [-0.39, 0.29) is 26.2 Å². The first kappa shape index (κ1) is 18.0. The third-order valence-corrected chi connectivity index (χ3v) is 4.45. The summed E-state index contributed by atoms with van der Waals surface area (Å²) in [4.78, 5) is 0. The number of rotatable bonds is 2. The molecular weight excluding hydrogens is 355 g/mol. The zero-order chi connectivity index (χ0) is 15.4. The molecular formula is C22H22Zr. The molecule has 23 heavy (non-hydrogen) atoms. The Labute approximate surface area is 158 Å². The molecule has 114 valence electrons. The minimum atomic E-state index is 0. The fraction of sp³-hybridized carbons (Fsp3) is 0.227. The summed E-state index contributed by atoms with van der Waals surface area (Å²) in [5.74, 6) is 0.680. The maximum Gasteiger partial charge on any atom is 2.00 e. The van der Waals surface area contributed by atoms with E-state index in [0.29, 0.717) is 5.92 Å². The Morgan fingerprint density at radius 2 is 1.83 bits per heavy atom. The molecule has 1 atom stereocenters. The second-order valence-corrected chi connectivity index (χ2v) is 5.89. The minimum absolute atomic E-state index is 0. The van der Waals surface area contributed by atoms with Gasteiger partial charge in [0.05, 0.1) is 0 Å². The smallest absolute Gasteiger partial charge is 0.190 e. The molecule has 0 fully saturated rings. The molecule has 0 radical (unpaired) electrons. The van der Waals surface area contributed by atoms with Crippen LogP contribution in [0.25, 0.3) is 10.8 Å². The van der Waals surface area contributed by atoms with Gasteiger partial charge >= 0.3 is 26.2 Å². The van der Waals surface area contributed by atoms with Gasteiger partial charge in [0.2, 0.25) is 0 Å². The van der Waals surface area contributed by atoms with Gasteiger partial charge < -0.3 is 0 Å². The SMILES string of the molecule is CCC(C)c1c[cH-]c2ccccc12.[C-]1=CCc2ccccc21.[Zr+2]. The Hall–Kier alpha value is -1.33. The molecule has 1 aliphatic rings. The van der Waals surface area contributed by atoms with E-state index >= 15 is 0 Å². The molecule has 0 nitrogen and oxygen atoms in total. The second-order valence-electron chi connectivity index (χ2n) is 5.89. The first-order valence-electron chi connectivity index (χ1n) is 8.10. The van der Waals surface area contributed by atoms with Crippen LogP contribution in [0.4, 0.5) is 0 Å². The molecule has 0 heterocycles. The van der Waals surface area contributed by atoms with Gasteiger partial charge in [0, 0.05) is 0 Å². The first-order valence-corrected chi connectivity index (χ1v) is 8.10. The van der Waals surface area contributed by atoms with Crippen molar-refractivity contribution in [2.24, 2.45) is 0 Å². The van der Waals surface area contributed by atoms with E-state index in [1.807, 2.05) is 6.07 Å². The second kappa shape index (κ2) is 8.50. The van der Waals surface area contributed by atoms with Crippen LogP contribution in [0.5, 0.6) is 0 Å². The zero-order valence-corrected chi connectivity index (χ0v) is 16.3. The third-order valence-electron chi connectivity index (χ3n) is 4.45. The summed E-state index contributed by atoms with van der Waals surface area (Å²) in [6.45, 7) is 4.54. The number of benzene rings is 2. The van der Waals surface area contributed by atoms with Crippen LogP contribution < -0.4 is 0 Å². The van der Waals surface area contributed by atoms with E-state index in [1.165, 1.54) is 33.9 Å². The molecule has 0 saturated heterocycles. The van der Waals surface area contributed by atoms with Crippen LogP contribution in [0.2, 0.25) is 0 Å². The molecule has 4 rings (SSSR count). The van der Waals surface area contributed by atoms with Crippen LogP contribution in [-0.4, -0.2) is 0 Å². The monoisotopic (exact) mass is 376 g/mol. The van der Waals surface area contributed by atoms with Crippen LogP contribution in [0.15, 0.2) is 66.7 Å². The number of hydrogen-bond acceptors (Lipinski definition) is 0. The molecule has 1 unspecified atom stereocenters. The molecule has 0 bridgehead atoms. The van der Waals surface area contributed by atoms with Gasteiger partial charge in [0.25, 0.3) is 0 Å². The average Bonchev–Trinajstić information content (AvgIpc) is 3.21. The Kier molecular flexibility index (Phi) is 6.66. The van der Waals surface area contributed by atoms with Crippen molar-refractivity contribution in [3.05, 3.63) is 89.5 Å². The molecule has 3 aromatic rings. The molecule has 0 saturated carbocycles. The van der Waals surface area contributed by atoms with Crippen molar-refractivity contribution in [1.29, 1.82) is 0 Å². The maximum atomic E-state index is 3.18. The summed E-state index contributed by atoms with van der Waals surface area (Å²) in [7, 11) is 0. The Bertz CT molecular complexity index is 779. The standard InChI is InChI=1S/C13H15.C9H7.Zr/c1-3-10(2)12-9-8-11-6-4-5-7-13(11)12;1-2-5-9-7-3-6-8(9)4-1;/h4-10H,3H2,1-2H3;1-5H,6H2;/q2*-1;+2. The van der Waals surface area contributed by atoms with Gasteiger partial charge in [-0.15, -0.1) is 58.8 Å². The van der Waals surface area contributed by atoms with Gasteiger partial charge in [-0.25, -0.2) is 0 Å². The van der Waals surface area contributed by atoms with E-state index in [9.17, 15) is 0 Å². The quantitative estimate of drug-likeness (QED) is 0.479. The van der Waals surface area contributed by atoms with Gasteiger partial charge in [-0.3, -0.25) is 0 Å². The summed E-state index contributed by atoms with van der Waals surface area (Å²) in [5, 5.41) is 2.80. The summed E-state index contributed by atoms with van der Waals surface area (Å²) in [5.41, 5.74) is 4.16. The van der Waals surface area contributed by atoms with E-state index in [0.717, 1.165) is 6.42 Å². The summed E-state index contributed by atoms with van der Waals surface area (Å²) >= 11 is 0. The summed E-state index contributed by atoms with van der Waals surface area (Å²) in [6, 6.07) is 21.5. The van der Waals surface area contributed by atoms with Gasteiger partial charge in [0.1, 0.15) is 0 Å². The van der Waals surface area contributed by atoms with Crippen LogP contribution >= 0.6 is 0 Å². The Morgan fingerprint density at radius 3 is 2.61 bits per heavy atom. The van der Waals surface area contributed by atoms with Gasteiger partial charge in [-0.05, 0) is 0 Å². The Morgan fingerprint density at radius 1 is 1.09 bits per heavy atom. The Balaban J connectivity index is 0.000000169. The van der Waals surface area contributed by atoms with E-state index in [2.05, 4.69) is 80.6 Å². The van der Waals surface area contributed by atoms with Crippen molar-refractivity contribution in [2.45, 2.75) is 32.6 Å². The van der Waals surface area contributed by atoms with Crippen LogP contribution in [-0.2, 0) is 32.6 Å². The number of allylic oxidation sites excluding steroid dienone is 1. The predicted octanol–water partition coefficient (Wildman–Crippen LogP) is 6.02. The van der Waals surface area contributed by atoms with Gasteiger partial charge in [-0.1, -0.05) is 44.7 Å². The summed E-state index contributed by atoms with van der Waals surface area (Å²) in [6.07, 6.45) is 7.53. The topological polar surface area (TPSA) is 0 Å². The largest absolute Gasteiger partial charge is 2.00 e. The van der Waals surface area contributed by atoms with Crippen molar-refractivity contribution in [1.82, 2.24) is 0 Å². The van der Waals surface area contributed by atoms with Crippen LogP contribution in [0.1, 0.15) is 42.9 Å². The van der Waals surface area contributed by atoms with Crippen LogP contribution in [0, 0.1) is 6.08 Å². The molecule has 0 aliphatic heterocycles. The average molecular weight is 378 g/mol. The molecule has 3 aromatic carbocycles. The van der Waals surface area contributed by atoms with Crippen molar-refractivity contribution in [3.8, 4) is 0 Å². The minimum Gasteiger partial charge on any atom is -0.190 e. The normalized spacial score (nSPS) is 13.0. The van der Waals surface area contributed by atoms with E-state index < -0.39 is 0 Å². The molecule has 0 N–H and O–H groups in total. The van der Waals surface area contributed by atoms with E-state index in [4.69, 9.17) is 0 Å². The van der Waals surface area contributed by atoms with Gasteiger partial charge in [0.15, 0.2) is 0 Å². The molecule has 0 amide bonds. The summed E-state index contributed by atoms with van der Waals surface area (Å²) < 4.78 is 0. The first-order chi connectivity index (χ1) is 10.8. The third kappa shape index (κ3) is 4.15. The van der Waals surface area contributed by atoms with Crippen molar-refractivity contribution in [3.63, 3.8) is 0 Å². The number of hydrogen-bond donors (Lipinski definition) is 0. The van der Waals surface area contributed by atoms with Crippen LogP contribution in [0.3, 0.4) is 0 Å². The fourth-order valence-electron chi connectivity index (χ4n) is 2.93. The fourth-order valence-corrected chi connectivity index (χ4v) is 2.93.